The normalized spacial score (nSPS) is 25.2. The van der Waals surface area contributed by atoms with E-state index >= 15 is 0 Å². The molecule has 2 aliphatic heterocycles. The van der Waals surface area contributed by atoms with Crippen LogP contribution in [0.2, 0.25) is 0 Å². The number of hydrogen-bond donors (Lipinski definition) is 0. The quantitative estimate of drug-likeness (QED) is 0.856. The monoisotopic (exact) mass is 323 g/mol. The van der Waals surface area contributed by atoms with E-state index in [2.05, 4.69) is 24.3 Å². The molecule has 1 atom stereocenters. The molecule has 0 aromatic heterocycles. The van der Waals surface area contributed by atoms with Crippen molar-refractivity contribution in [3.63, 3.8) is 0 Å². The van der Waals surface area contributed by atoms with Crippen LogP contribution >= 0.6 is 0 Å². The number of benzene rings is 1. The molecule has 22 heavy (non-hydrogen) atoms. The Morgan fingerprint density at radius 1 is 1.09 bits per heavy atom. The van der Waals surface area contributed by atoms with Gasteiger partial charge in [0, 0.05) is 19.7 Å². The molecule has 3 rings (SSSR count). The predicted molar refractivity (Wildman–Crippen MR) is 87.3 cm³/mol. The van der Waals surface area contributed by atoms with Gasteiger partial charge in [0.1, 0.15) is 0 Å². The largest absolute Gasteiger partial charge is 0.381 e. The summed E-state index contributed by atoms with van der Waals surface area (Å²) in [4.78, 5) is 0. The Balaban J connectivity index is 1.56. The van der Waals surface area contributed by atoms with E-state index in [1.807, 2.05) is 6.07 Å². The van der Waals surface area contributed by atoms with Gasteiger partial charge in [-0.25, -0.2) is 12.7 Å². The highest BCUT2D eigenvalue weighted by atomic mass is 32.2. The topological polar surface area (TPSA) is 46.6 Å². The zero-order valence-corrected chi connectivity index (χ0v) is 13.8. The van der Waals surface area contributed by atoms with Crippen molar-refractivity contribution < 1.29 is 13.2 Å². The fourth-order valence-electron chi connectivity index (χ4n) is 3.53. The molecule has 0 unspecified atom stereocenters. The van der Waals surface area contributed by atoms with Gasteiger partial charge in [0.05, 0.1) is 12.4 Å². The molecule has 2 heterocycles. The molecule has 0 N–H and O–H groups in total. The maximum atomic E-state index is 12.6. The Kier molecular flexibility index (Phi) is 5.16. The molecule has 4 nitrogen and oxygen atoms in total. The third-order valence-corrected chi connectivity index (χ3v) is 6.86. The van der Waals surface area contributed by atoms with Crippen LogP contribution in [-0.4, -0.2) is 44.8 Å². The van der Waals surface area contributed by atoms with Gasteiger partial charge in [-0.15, -0.1) is 0 Å². The summed E-state index contributed by atoms with van der Waals surface area (Å²) in [6, 6.07) is 10.4. The predicted octanol–water partition coefficient (Wildman–Crippen LogP) is 2.62. The number of sulfonamides is 1. The van der Waals surface area contributed by atoms with Crippen LogP contribution in [-0.2, 0) is 14.8 Å². The summed E-state index contributed by atoms with van der Waals surface area (Å²) in [6.07, 6.45) is 3.80. The van der Waals surface area contributed by atoms with Crippen LogP contribution in [0.15, 0.2) is 30.3 Å². The summed E-state index contributed by atoms with van der Waals surface area (Å²) >= 11 is 0. The summed E-state index contributed by atoms with van der Waals surface area (Å²) in [7, 11) is -3.14. The van der Waals surface area contributed by atoms with Crippen molar-refractivity contribution in [2.75, 3.05) is 32.1 Å². The smallest absolute Gasteiger partial charge is 0.214 e. The van der Waals surface area contributed by atoms with Gasteiger partial charge < -0.3 is 4.74 Å². The highest BCUT2D eigenvalue weighted by Gasteiger charge is 2.31. The number of nitrogens with zero attached hydrogens (tertiary/aromatic N) is 1. The van der Waals surface area contributed by atoms with Crippen molar-refractivity contribution in [1.82, 2.24) is 4.31 Å². The number of rotatable bonds is 4. The zero-order valence-electron chi connectivity index (χ0n) is 13.0. The first-order valence-electron chi connectivity index (χ1n) is 8.25. The summed E-state index contributed by atoms with van der Waals surface area (Å²) in [5.41, 5.74) is 1.33. The van der Waals surface area contributed by atoms with Crippen LogP contribution in [0.25, 0.3) is 0 Å². The maximum Gasteiger partial charge on any atom is 0.214 e. The van der Waals surface area contributed by atoms with Crippen molar-refractivity contribution in [3.8, 4) is 0 Å². The van der Waals surface area contributed by atoms with Gasteiger partial charge in [0.2, 0.25) is 10.0 Å². The van der Waals surface area contributed by atoms with Gasteiger partial charge in [-0.2, -0.15) is 0 Å². The van der Waals surface area contributed by atoms with E-state index in [9.17, 15) is 8.42 Å². The maximum absolute atomic E-state index is 12.6. The molecule has 0 saturated carbocycles. The average molecular weight is 323 g/mol. The minimum absolute atomic E-state index is 0.172. The van der Waals surface area contributed by atoms with Crippen LogP contribution in [0, 0.1) is 5.92 Å². The molecule has 122 valence electrons. The van der Waals surface area contributed by atoms with Crippen molar-refractivity contribution in [2.45, 2.75) is 31.6 Å². The molecular weight excluding hydrogens is 298 g/mol. The van der Waals surface area contributed by atoms with Crippen molar-refractivity contribution in [1.29, 1.82) is 0 Å². The van der Waals surface area contributed by atoms with Crippen LogP contribution < -0.4 is 0 Å². The Morgan fingerprint density at radius 3 is 2.45 bits per heavy atom. The molecule has 2 aliphatic rings. The highest BCUT2D eigenvalue weighted by Crippen LogP contribution is 2.29. The van der Waals surface area contributed by atoms with Gasteiger partial charge in [-0.05, 0) is 43.1 Å². The summed E-state index contributed by atoms with van der Waals surface area (Å²) in [5, 5.41) is 0. The first-order valence-corrected chi connectivity index (χ1v) is 9.86. The van der Waals surface area contributed by atoms with E-state index in [1.165, 1.54) is 5.56 Å². The third-order valence-electron chi connectivity index (χ3n) is 4.82. The SMILES string of the molecule is O=S(=O)(C[C@H]1CCCOC1)N1CCC(c2ccccc2)CC1. The summed E-state index contributed by atoms with van der Waals surface area (Å²) in [6.45, 7) is 2.67. The average Bonchev–Trinajstić information content (AvgIpc) is 2.56. The zero-order chi connectivity index (χ0) is 15.4. The fraction of sp³-hybridized carbons (Fsp3) is 0.647. The first kappa shape index (κ1) is 16.0. The summed E-state index contributed by atoms with van der Waals surface area (Å²) < 4.78 is 32.2. The second-order valence-electron chi connectivity index (χ2n) is 6.45. The number of ether oxygens (including phenoxy) is 1. The van der Waals surface area contributed by atoms with E-state index in [0.717, 1.165) is 32.3 Å². The van der Waals surface area contributed by atoms with E-state index in [-0.39, 0.29) is 11.7 Å². The van der Waals surface area contributed by atoms with Crippen molar-refractivity contribution in [3.05, 3.63) is 35.9 Å². The van der Waals surface area contributed by atoms with E-state index in [1.54, 1.807) is 4.31 Å². The Labute approximate surface area is 133 Å². The van der Waals surface area contributed by atoms with Gasteiger partial charge in [-0.1, -0.05) is 30.3 Å². The molecule has 1 aromatic rings. The van der Waals surface area contributed by atoms with Gasteiger partial charge in [-0.3, -0.25) is 0 Å². The lowest BCUT2D eigenvalue weighted by atomic mass is 9.90. The second-order valence-corrected chi connectivity index (χ2v) is 8.46. The molecule has 0 amide bonds. The number of hydrogen-bond acceptors (Lipinski definition) is 3. The van der Waals surface area contributed by atoms with Crippen molar-refractivity contribution in [2.24, 2.45) is 5.92 Å². The highest BCUT2D eigenvalue weighted by molar-refractivity contribution is 7.89. The van der Waals surface area contributed by atoms with Crippen LogP contribution in [0.4, 0.5) is 0 Å². The lowest BCUT2D eigenvalue weighted by Crippen LogP contribution is -2.41. The van der Waals surface area contributed by atoms with Gasteiger partial charge in [0.15, 0.2) is 0 Å². The minimum Gasteiger partial charge on any atom is -0.381 e. The third kappa shape index (κ3) is 3.89. The molecule has 2 saturated heterocycles. The molecule has 2 fully saturated rings. The fourth-order valence-corrected chi connectivity index (χ4v) is 5.37. The van der Waals surface area contributed by atoms with Crippen LogP contribution in [0.3, 0.4) is 0 Å². The van der Waals surface area contributed by atoms with Gasteiger partial charge in [0.25, 0.3) is 0 Å². The Hall–Kier alpha value is -0.910. The molecule has 1 aromatic carbocycles. The molecule has 0 aliphatic carbocycles. The van der Waals surface area contributed by atoms with E-state index < -0.39 is 10.0 Å². The minimum atomic E-state index is -3.14. The lowest BCUT2D eigenvalue weighted by molar-refractivity contribution is 0.0621. The second kappa shape index (κ2) is 7.11. The molecule has 5 heteroatoms. The van der Waals surface area contributed by atoms with Crippen molar-refractivity contribution >= 4 is 10.0 Å². The first-order chi connectivity index (χ1) is 10.6. The molecule has 0 radical (unpaired) electrons. The molecular formula is C17H25NO3S. The Bertz CT molecular complexity index is 559. The Morgan fingerprint density at radius 2 is 1.82 bits per heavy atom. The van der Waals surface area contributed by atoms with E-state index in [4.69, 9.17) is 4.74 Å². The molecule has 0 bridgehead atoms. The van der Waals surface area contributed by atoms with Gasteiger partial charge >= 0.3 is 0 Å². The standard InChI is InChI=1S/C17H25NO3S/c19-22(20,14-15-5-4-12-21-13-15)18-10-8-17(9-11-18)16-6-2-1-3-7-16/h1-3,6-7,15,17H,4-5,8-14H2/t15-/m0/s1. The van der Waals surface area contributed by atoms with Crippen LogP contribution in [0.5, 0.6) is 0 Å². The number of piperidine rings is 1. The lowest BCUT2D eigenvalue weighted by Gasteiger charge is -2.33. The molecule has 0 spiro atoms. The van der Waals surface area contributed by atoms with Crippen LogP contribution in [0.1, 0.15) is 37.2 Å². The van der Waals surface area contributed by atoms with E-state index in [0.29, 0.717) is 25.6 Å². The summed E-state index contributed by atoms with van der Waals surface area (Å²) in [5.74, 6) is 0.916.